The second-order valence-corrected chi connectivity index (χ2v) is 9.21. The van der Waals surface area contributed by atoms with Crippen LogP contribution in [0.1, 0.15) is 34.5 Å². The number of benzene rings is 1. The quantitative estimate of drug-likeness (QED) is 0.474. The number of nitrogens with zero attached hydrogens (tertiary/aromatic N) is 3. The molecule has 1 saturated heterocycles. The normalized spacial score (nSPS) is 13.6. The van der Waals surface area contributed by atoms with Gasteiger partial charge in [-0.25, -0.2) is 4.98 Å². The number of carbonyl (C=O) groups excluding carboxylic acids is 3. The van der Waals surface area contributed by atoms with Gasteiger partial charge in [0, 0.05) is 37.7 Å². The van der Waals surface area contributed by atoms with E-state index in [0.29, 0.717) is 29.5 Å². The first kappa shape index (κ1) is 25.8. The molecule has 3 amide bonds. The molecule has 0 spiro atoms. The van der Waals surface area contributed by atoms with Gasteiger partial charge >= 0.3 is 0 Å². The summed E-state index contributed by atoms with van der Waals surface area (Å²) in [7, 11) is 1.55. The molecular formula is C24H33N5O4S. The molecule has 0 saturated carbocycles. The number of thiazole rings is 1. The average Bonchev–Trinajstić information content (AvgIpc) is 3.49. The van der Waals surface area contributed by atoms with Crippen molar-refractivity contribution in [3.63, 3.8) is 0 Å². The van der Waals surface area contributed by atoms with Crippen molar-refractivity contribution in [2.75, 3.05) is 58.3 Å². The molecule has 1 aliphatic rings. The first-order chi connectivity index (χ1) is 16.4. The van der Waals surface area contributed by atoms with Crippen molar-refractivity contribution in [3.8, 4) is 0 Å². The summed E-state index contributed by atoms with van der Waals surface area (Å²) in [4.78, 5) is 45.8. The summed E-state index contributed by atoms with van der Waals surface area (Å²) in [5, 5.41) is 7.82. The Morgan fingerprint density at radius 2 is 1.88 bits per heavy atom. The molecule has 3 rings (SSSR count). The second-order valence-electron chi connectivity index (χ2n) is 8.35. The fourth-order valence-electron chi connectivity index (χ4n) is 3.70. The van der Waals surface area contributed by atoms with Gasteiger partial charge in [0.2, 0.25) is 11.8 Å². The lowest BCUT2D eigenvalue weighted by atomic mass is 10.1. The Bertz CT molecular complexity index is 957. The Kier molecular flexibility index (Phi) is 9.99. The van der Waals surface area contributed by atoms with Crippen LogP contribution in [0.3, 0.4) is 0 Å². The topological polar surface area (TPSA) is 104 Å². The van der Waals surface area contributed by atoms with Crippen LogP contribution in [-0.2, 0) is 20.7 Å². The highest BCUT2D eigenvalue weighted by molar-refractivity contribution is 7.13. The second kappa shape index (κ2) is 13.2. The van der Waals surface area contributed by atoms with Gasteiger partial charge in [-0.05, 0) is 45.0 Å². The molecule has 0 radical (unpaired) electrons. The molecule has 2 aromatic rings. The third kappa shape index (κ3) is 8.19. The molecular weight excluding hydrogens is 454 g/mol. The predicted molar refractivity (Wildman–Crippen MR) is 132 cm³/mol. The summed E-state index contributed by atoms with van der Waals surface area (Å²) < 4.78 is 5.10. The van der Waals surface area contributed by atoms with Gasteiger partial charge in [0.15, 0.2) is 5.13 Å². The molecule has 1 fully saturated rings. The van der Waals surface area contributed by atoms with E-state index in [2.05, 4.69) is 20.5 Å². The summed E-state index contributed by atoms with van der Waals surface area (Å²) in [6.07, 6.45) is 2.62. The van der Waals surface area contributed by atoms with Crippen LogP contribution in [0.15, 0.2) is 29.6 Å². The summed E-state index contributed by atoms with van der Waals surface area (Å²) in [6.45, 7) is 6.13. The van der Waals surface area contributed by atoms with E-state index in [9.17, 15) is 14.4 Å². The van der Waals surface area contributed by atoms with Crippen molar-refractivity contribution in [3.05, 3.63) is 46.5 Å². The number of methoxy groups -OCH3 is 1. The number of anilines is 1. The summed E-state index contributed by atoms with van der Waals surface area (Å²) in [5.74, 6) is -0.679. The highest BCUT2D eigenvalue weighted by Crippen LogP contribution is 2.16. The van der Waals surface area contributed by atoms with Crippen LogP contribution in [0.25, 0.3) is 0 Å². The lowest BCUT2D eigenvalue weighted by molar-refractivity contribution is -0.120. The van der Waals surface area contributed by atoms with E-state index in [1.165, 1.54) is 29.1 Å². The fourth-order valence-corrected chi connectivity index (χ4v) is 4.42. The molecule has 2 heterocycles. The Balaban J connectivity index is 1.48. The number of hydrogen-bond donors (Lipinski definition) is 2. The van der Waals surface area contributed by atoms with E-state index in [4.69, 9.17) is 4.74 Å². The number of hydrogen-bond acceptors (Lipinski definition) is 7. The summed E-state index contributed by atoms with van der Waals surface area (Å²) >= 11 is 1.26. The molecule has 0 aliphatic carbocycles. The molecule has 1 aromatic carbocycles. The number of amides is 3. The largest absolute Gasteiger partial charge is 0.383 e. The summed E-state index contributed by atoms with van der Waals surface area (Å²) in [5.41, 5.74) is 2.17. The summed E-state index contributed by atoms with van der Waals surface area (Å²) in [6, 6.07) is 7.22. The molecule has 9 nitrogen and oxygen atoms in total. The van der Waals surface area contributed by atoms with Gasteiger partial charge in [-0.15, -0.1) is 11.3 Å². The van der Waals surface area contributed by atoms with Crippen molar-refractivity contribution < 1.29 is 19.1 Å². The van der Waals surface area contributed by atoms with Gasteiger partial charge < -0.3 is 25.2 Å². The fraction of sp³-hybridized carbons (Fsp3) is 0.500. The molecule has 34 heavy (non-hydrogen) atoms. The number of likely N-dealkylation sites (tertiary alicyclic amines) is 1. The monoisotopic (exact) mass is 487 g/mol. The van der Waals surface area contributed by atoms with E-state index in [0.717, 1.165) is 25.2 Å². The minimum atomic E-state index is -0.354. The van der Waals surface area contributed by atoms with Crippen LogP contribution in [0.5, 0.6) is 0 Å². The minimum Gasteiger partial charge on any atom is -0.383 e. The molecule has 184 valence electrons. The van der Waals surface area contributed by atoms with Crippen molar-refractivity contribution in [1.82, 2.24) is 20.1 Å². The lowest BCUT2D eigenvalue weighted by Gasteiger charge is -2.21. The number of aryl methyl sites for hydroxylation is 1. The lowest BCUT2D eigenvalue weighted by Crippen LogP contribution is -2.40. The predicted octanol–water partition coefficient (Wildman–Crippen LogP) is 1.93. The van der Waals surface area contributed by atoms with Gasteiger partial charge in [0.25, 0.3) is 5.91 Å². The van der Waals surface area contributed by atoms with Crippen molar-refractivity contribution in [2.24, 2.45) is 0 Å². The first-order valence-corrected chi connectivity index (χ1v) is 12.4. The third-order valence-electron chi connectivity index (χ3n) is 5.57. The van der Waals surface area contributed by atoms with Crippen molar-refractivity contribution in [1.29, 1.82) is 0 Å². The van der Waals surface area contributed by atoms with Gasteiger partial charge in [-0.3, -0.25) is 14.4 Å². The maximum Gasteiger partial charge on any atom is 0.254 e. The van der Waals surface area contributed by atoms with Gasteiger partial charge in [-0.2, -0.15) is 0 Å². The minimum absolute atomic E-state index is 0.0863. The van der Waals surface area contributed by atoms with Gasteiger partial charge in [-0.1, -0.05) is 17.7 Å². The van der Waals surface area contributed by atoms with E-state index in [1.807, 2.05) is 19.1 Å². The van der Waals surface area contributed by atoms with Crippen LogP contribution < -0.4 is 10.6 Å². The number of aromatic nitrogens is 1. The zero-order valence-corrected chi connectivity index (χ0v) is 20.7. The standard InChI is InChI=1S/C24H33N5O4S/c1-18-5-7-19(8-6-18)23(32)29(13-14-33-2)16-22(31)27-24-26-20(17-34-24)15-21(30)25-9-12-28-10-3-4-11-28/h5-8,17H,3-4,9-16H2,1-2H3,(H,25,30)(H,26,27,31). The van der Waals surface area contributed by atoms with Crippen LogP contribution in [0.2, 0.25) is 0 Å². The van der Waals surface area contributed by atoms with Gasteiger partial charge in [0.05, 0.1) is 18.7 Å². The Labute approximate surface area is 204 Å². The molecule has 0 atom stereocenters. The number of rotatable bonds is 12. The SMILES string of the molecule is COCCN(CC(=O)Nc1nc(CC(=O)NCCN2CCCC2)cs1)C(=O)c1ccc(C)cc1. The molecule has 0 unspecified atom stereocenters. The molecule has 1 aromatic heterocycles. The Morgan fingerprint density at radius 3 is 2.59 bits per heavy atom. The van der Waals surface area contributed by atoms with Crippen LogP contribution in [0, 0.1) is 6.92 Å². The van der Waals surface area contributed by atoms with Crippen LogP contribution >= 0.6 is 11.3 Å². The maximum atomic E-state index is 12.9. The van der Waals surface area contributed by atoms with Crippen molar-refractivity contribution in [2.45, 2.75) is 26.2 Å². The number of carbonyl (C=O) groups is 3. The molecule has 1 aliphatic heterocycles. The zero-order chi connectivity index (χ0) is 24.3. The van der Waals surface area contributed by atoms with E-state index in [-0.39, 0.29) is 37.2 Å². The molecule has 0 bridgehead atoms. The smallest absolute Gasteiger partial charge is 0.254 e. The van der Waals surface area contributed by atoms with E-state index in [1.54, 1.807) is 24.6 Å². The third-order valence-corrected chi connectivity index (χ3v) is 6.38. The van der Waals surface area contributed by atoms with Crippen molar-refractivity contribution >= 4 is 34.2 Å². The van der Waals surface area contributed by atoms with Crippen LogP contribution in [0.4, 0.5) is 5.13 Å². The Morgan fingerprint density at radius 1 is 1.15 bits per heavy atom. The number of nitrogens with one attached hydrogen (secondary N) is 2. The maximum absolute atomic E-state index is 12.9. The van der Waals surface area contributed by atoms with E-state index < -0.39 is 0 Å². The highest BCUT2D eigenvalue weighted by Gasteiger charge is 2.20. The highest BCUT2D eigenvalue weighted by atomic mass is 32.1. The first-order valence-electron chi connectivity index (χ1n) is 11.5. The Hall–Kier alpha value is -2.82. The van der Waals surface area contributed by atoms with Crippen LogP contribution in [-0.4, -0.2) is 85.5 Å². The molecule has 10 heteroatoms. The van der Waals surface area contributed by atoms with E-state index >= 15 is 0 Å². The molecule has 2 N–H and O–H groups in total. The number of ether oxygens (including phenoxy) is 1. The zero-order valence-electron chi connectivity index (χ0n) is 19.8. The average molecular weight is 488 g/mol. The van der Waals surface area contributed by atoms with Gasteiger partial charge in [0.1, 0.15) is 6.54 Å².